The number of carbonyl (C=O) groups excluding carboxylic acids is 1. The molecular weight excluding hydrogens is 298 g/mol. The van der Waals surface area contributed by atoms with E-state index in [0.29, 0.717) is 6.42 Å². The second kappa shape index (κ2) is 6.60. The summed E-state index contributed by atoms with van der Waals surface area (Å²) in [5.74, 6) is -0.0704. The third-order valence-corrected chi connectivity index (χ3v) is 4.38. The lowest BCUT2D eigenvalue weighted by Gasteiger charge is -2.35. The van der Waals surface area contributed by atoms with Crippen LogP contribution in [0.15, 0.2) is 65.7 Å². The van der Waals surface area contributed by atoms with Crippen LogP contribution < -0.4 is 0 Å². The molecule has 0 aliphatic carbocycles. The summed E-state index contributed by atoms with van der Waals surface area (Å²) in [7, 11) is 0. The molecule has 124 valence electrons. The zero-order chi connectivity index (χ0) is 17.2. The molecule has 2 atom stereocenters. The topological polar surface area (TPSA) is 38.7 Å². The predicted octanol–water partition coefficient (Wildman–Crippen LogP) is 4.06. The van der Waals surface area contributed by atoms with E-state index < -0.39 is 5.54 Å². The van der Waals surface area contributed by atoms with Crippen LogP contribution in [0.1, 0.15) is 31.9 Å². The highest BCUT2D eigenvalue weighted by Crippen LogP contribution is 2.29. The third kappa shape index (κ3) is 3.25. The van der Waals surface area contributed by atoms with Crippen molar-refractivity contribution in [1.29, 1.82) is 0 Å². The monoisotopic (exact) mass is 321 g/mol. The van der Waals surface area contributed by atoms with Crippen LogP contribution in [0.2, 0.25) is 0 Å². The fourth-order valence-corrected chi connectivity index (χ4v) is 3.07. The molecule has 24 heavy (non-hydrogen) atoms. The summed E-state index contributed by atoms with van der Waals surface area (Å²) in [5, 5.41) is 0. The van der Waals surface area contributed by atoms with Crippen LogP contribution >= 0.6 is 0 Å². The van der Waals surface area contributed by atoms with Gasteiger partial charge in [0.1, 0.15) is 6.10 Å². The Bertz CT molecular complexity index is 737. The number of nitrogens with zero attached hydrogens (tertiary/aromatic N) is 1. The lowest BCUT2D eigenvalue weighted by atomic mass is 9.88. The molecule has 3 heteroatoms. The molecule has 0 aromatic heterocycles. The summed E-state index contributed by atoms with van der Waals surface area (Å²) in [6.45, 7) is 5.97. The Balaban J connectivity index is 2.03. The van der Waals surface area contributed by atoms with Gasteiger partial charge in [0.05, 0.1) is 5.71 Å². The molecule has 0 saturated heterocycles. The van der Waals surface area contributed by atoms with Crippen molar-refractivity contribution in [3.8, 4) is 0 Å². The second-order valence-electron chi connectivity index (χ2n) is 6.87. The highest BCUT2D eigenvalue weighted by molar-refractivity contribution is 6.08. The molecule has 1 aliphatic heterocycles. The molecule has 2 aromatic rings. The molecule has 3 rings (SSSR count). The molecule has 3 nitrogen and oxygen atoms in total. The van der Waals surface area contributed by atoms with Gasteiger partial charge in [-0.15, -0.1) is 0 Å². The van der Waals surface area contributed by atoms with Gasteiger partial charge in [-0.3, -0.25) is 4.99 Å². The summed E-state index contributed by atoms with van der Waals surface area (Å²) < 4.78 is 5.83. The molecule has 0 saturated carbocycles. The predicted molar refractivity (Wildman–Crippen MR) is 96.2 cm³/mol. The van der Waals surface area contributed by atoms with Crippen LogP contribution in [0.5, 0.6) is 0 Å². The first-order chi connectivity index (χ1) is 11.5. The normalized spacial score (nSPS) is 23.8. The van der Waals surface area contributed by atoms with E-state index in [2.05, 4.69) is 13.8 Å². The molecule has 1 heterocycles. The highest BCUT2D eigenvalue weighted by Gasteiger charge is 2.43. The van der Waals surface area contributed by atoms with Gasteiger partial charge in [-0.05, 0) is 24.0 Å². The highest BCUT2D eigenvalue weighted by atomic mass is 16.5. The minimum atomic E-state index is -0.891. The summed E-state index contributed by atoms with van der Waals surface area (Å²) in [6.07, 6.45) is 0.233. The van der Waals surface area contributed by atoms with Gasteiger partial charge in [0.2, 0.25) is 0 Å². The van der Waals surface area contributed by atoms with Crippen LogP contribution in [0, 0.1) is 5.92 Å². The number of hydrogen-bond acceptors (Lipinski definition) is 3. The van der Waals surface area contributed by atoms with E-state index in [1.807, 2.05) is 67.6 Å². The summed E-state index contributed by atoms with van der Waals surface area (Å²) in [6, 6.07) is 20.0. The third-order valence-electron chi connectivity index (χ3n) is 4.38. The number of rotatable bonds is 4. The van der Waals surface area contributed by atoms with Crippen molar-refractivity contribution in [1.82, 2.24) is 0 Å². The van der Waals surface area contributed by atoms with Gasteiger partial charge >= 0.3 is 5.97 Å². The first-order valence-electron chi connectivity index (χ1n) is 8.40. The average Bonchev–Trinajstić information content (AvgIpc) is 2.58. The number of cyclic esters (lactones) is 1. The molecule has 0 amide bonds. The number of esters is 1. The van der Waals surface area contributed by atoms with E-state index in [-0.39, 0.29) is 18.0 Å². The minimum Gasteiger partial charge on any atom is -0.454 e. The summed E-state index contributed by atoms with van der Waals surface area (Å²) in [5.41, 5.74) is 2.07. The van der Waals surface area contributed by atoms with Crippen LogP contribution in [0.25, 0.3) is 0 Å². The lowest BCUT2D eigenvalue weighted by molar-refractivity contribution is -0.155. The van der Waals surface area contributed by atoms with Gasteiger partial charge in [-0.1, -0.05) is 74.5 Å². The van der Waals surface area contributed by atoms with Crippen molar-refractivity contribution in [3.63, 3.8) is 0 Å². The second-order valence-corrected chi connectivity index (χ2v) is 6.87. The van der Waals surface area contributed by atoms with Crippen molar-refractivity contribution in [2.75, 3.05) is 0 Å². The summed E-state index contributed by atoms with van der Waals surface area (Å²) in [4.78, 5) is 17.6. The maximum absolute atomic E-state index is 12.7. The van der Waals surface area contributed by atoms with Crippen LogP contribution in [-0.4, -0.2) is 23.3 Å². The molecule has 0 N–H and O–H groups in total. The van der Waals surface area contributed by atoms with Gasteiger partial charge in [0.15, 0.2) is 5.54 Å². The van der Waals surface area contributed by atoms with Gasteiger partial charge < -0.3 is 4.74 Å². The first kappa shape index (κ1) is 16.4. The zero-order valence-electron chi connectivity index (χ0n) is 14.4. The number of carbonyl (C=O) groups is 1. The largest absolute Gasteiger partial charge is 0.454 e. The molecule has 0 spiro atoms. The van der Waals surface area contributed by atoms with E-state index in [0.717, 1.165) is 16.8 Å². The van der Waals surface area contributed by atoms with Crippen molar-refractivity contribution in [3.05, 3.63) is 71.8 Å². The van der Waals surface area contributed by atoms with Crippen LogP contribution in [0.4, 0.5) is 0 Å². The van der Waals surface area contributed by atoms with Crippen LogP contribution in [-0.2, 0) is 16.0 Å². The van der Waals surface area contributed by atoms with Crippen molar-refractivity contribution >= 4 is 11.7 Å². The van der Waals surface area contributed by atoms with E-state index >= 15 is 0 Å². The quantitative estimate of drug-likeness (QED) is 0.797. The Labute approximate surface area is 143 Å². The maximum atomic E-state index is 12.7. The molecule has 0 bridgehead atoms. The zero-order valence-corrected chi connectivity index (χ0v) is 14.4. The van der Waals surface area contributed by atoms with Gasteiger partial charge in [-0.25, -0.2) is 4.79 Å². The van der Waals surface area contributed by atoms with Crippen molar-refractivity contribution < 1.29 is 9.53 Å². The number of aliphatic imine (C=N–C) groups is 1. The van der Waals surface area contributed by atoms with E-state index in [4.69, 9.17) is 9.73 Å². The lowest BCUT2D eigenvalue weighted by Crippen LogP contribution is -2.49. The molecular formula is C21H23NO2. The van der Waals surface area contributed by atoms with Crippen molar-refractivity contribution in [2.24, 2.45) is 10.9 Å². The van der Waals surface area contributed by atoms with E-state index in [1.165, 1.54) is 0 Å². The number of hydrogen-bond donors (Lipinski definition) is 0. The Hall–Kier alpha value is -2.42. The first-order valence-corrected chi connectivity index (χ1v) is 8.40. The maximum Gasteiger partial charge on any atom is 0.334 e. The Morgan fingerprint density at radius 1 is 1.04 bits per heavy atom. The standard InChI is InChI=1S/C21H23NO2/c1-15(2)19-18(17-12-8-5-9-13-17)22-21(3,20(23)24-19)14-16-10-6-4-7-11-16/h4-13,15,19H,14H2,1-3H3/t19-,21+/m1/s1. The van der Waals surface area contributed by atoms with Gasteiger partial charge in [0.25, 0.3) is 0 Å². The van der Waals surface area contributed by atoms with Crippen LogP contribution in [0.3, 0.4) is 0 Å². The van der Waals surface area contributed by atoms with Gasteiger partial charge in [-0.2, -0.15) is 0 Å². The molecule has 1 aliphatic rings. The fraction of sp³-hybridized carbons (Fsp3) is 0.333. The van der Waals surface area contributed by atoms with E-state index in [9.17, 15) is 4.79 Å². The smallest absolute Gasteiger partial charge is 0.334 e. The minimum absolute atomic E-state index is 0.175. The van der Waals surface area contributed by atoms with Crippen molar-refractivity contribution in [2.45, 2.75) is 38.8 Å². The SMILES string of the molecule is CC(C)[C@H]1OC(=O)[C@](C)(Cc2ccccc2)N=C1c1ccccc1. The Morgan fingerprint density at radius 2 is 1.62 bits per heavy atom. The average molecular weight is 321 g/mol. The number of ether oxygens (including phenoxy) is 1. The molecule has 2 aromatic carbocycles. The number of benzene rings is 2. The fourth-order valence-electron chi connectivity index (χ4n) is 3.07. The Morgan fingerprint density at radius 3 is 2.21 bits per heavy atom. The molecule has 0 fully saturated rings. The molecule has 0 radical (unpaired) electrons. The summed E-state index contributed by atoms with van der Waals surface area (Å²) >= 11 is 0. The van der Waals surface area contributed by atoms with E-state index in [1.54, 1.807) is 0 Å². The van der Waals surface area contributed by atoms with Gasteiger partial charge in [0, 0.05) is 6.42 Å². The Kier molecular flexibility index (Phi) is 4.52. The molecule has 0 unspecified atom stereocenters.